The molecule has 1 aliphatic rings. The van der Waals surface area contributed by atoms with E-state index in [-0.39, 0.29) is 0 Å². The van der Waals surface area contributed by atoms with Gasteiger partial charge in [0.15, 0.2) is 0 Å². The molecule has 1 aliphatic carbocycles. The van der Waals surface area contributed by atoms with Gasteiger partial charge in [0.1, 0.15) is 5.83 Å². The molecule has 0 heterocycles. The average Bonchev–Trinajstić information content (AvgIpc) is 2.74. The van der Waals surface area contributed by atoms with Crippen LogP contribution < -0.4 is 0 Å². The van der Waals surface area contributed by atoms with Gasteiger partial charge in [0.2, 0.25) is 0 Å². The van der Waals surface area contributed by atoms with Crippen LogP contribution in [0.5, 0.6) is 0 Å². The third-order valence-corrected chi connectivity index (χ3v) is 3.88. The molecular weight excluding hydrogens is 283 g/mol. The predicted octanol–water partition coefficient (Wildman–Crippen LogP) is 8.66. The highest BCUT2D eigenvalue weighted by Crippen LogP contribution is 2.25. The lowest BCUT2D eigenvalue weighted by molar-refractivity contribution is 0.476. The van der Waals surface area contributed by atoms with E-state index < -0.39 is 5.83 Å². The molecule has 0 saturated heterocycles. The monoisotopic (exact) mass is 326 g/mol. The summed E-state index contributed by atoms with van der Waals surface area (Å²) < 4.78 is 11.1. The fourth-order valence-corrected chi connectivity index (χ4v) is 2.17. The maximum Gasteiger partial charge on any atom is 0.115 e. The predicted molar refractivity (Wildman–Crippen MR) is 108 cm³/mol. The Bertz CT molecular complexity index is 278. The lowest BCUT2D eigenvalue weighted by Crippen LogP contribution is -1.91. The van der Waals surface area contributed by atoms with Crippen molar-refractivity contribution in [1.82, 2.24) is 0 Å². The molecular formula is C22H43F. The fourth-order valence-electron chi connectivity index (χ4n) is 2.17. The maximum atomic E-state index is 11.1. The van der Waals surface area contributed by atoms with Gasteiger partial charge in [0.25, 0.3) is 0 Å². The molecule has 0 spiro atoms. The molecule has 23 heavy (non-hydrogen) atoms. The smallest absolute Gasteiger partial charge is 0.115 e. The summed E-state index contributed by atoms with van der Waals surface area (Å²) in [7, 11) is 0. The largest absolute Gasteiger partial charge is 0.208 e. The lowest BCUT2D eigenvalue weighted by Gasteiger charge is -2.05. The van der Waals surface area contributed by atoms with Crippen LogP contribution in [0.15, 0.2) is 36.7 Å². The highest BCUT2D eigenvalue weighted by molar-refractivity contribution is 4.99. The van der Waals surface area contributed by atoms with Crippen molar-refractivity contribution in [3.8, 4) is 0 Å². The Morgan fingerprint density at radius 2 is 1.43 bits per heavy atom. The van der Waals surface area contributed by atoms with Crippen molar-refractivity contribution in [3.05, 3.63) is 36.7 Å². The third kappa shape index (κ3) is 26.4. The van der Waals surface area contributed by atoms with E-state index in [1.807, 2.05) is 13.8 Å². The number of hydrogen-bond donors (Lipinski definition) is 0. The zero-order valence-electron chi connectivity index (χ0n) is 17.1. The SMILES string of the molecule is C=CC(=C)F.CC.CC/C=C(\C)CC.CC1CCCC(C)CC1. The van der Waals surface area contributed by atoms with Crippen LogP contribution in [0.4, 0.5) is 4.39 Å². The first-order chi connectivity index (χ1) is 10.9. The van der Waals surface area contributed by atoms with Crippen molar-refractivity contribution in [3.63, 3.8) is 0 Å². The summed E-state index contributed by atoms with van der Waals surface area (Å²) in [6.07, 6.45) is 13.1. The van der Waals surface area contributed by atoms with Gasteiger partial charge in [-0.25, -0.2) is 4.39 Å². The Balaban J connectivity index is -0.000000258. The van der Waals surface area contributed by atoms with Crippen LogP contribution in [0, 0.1) is 11.8 Å². The molecule has 0 amide bonds. The fraction of sp³-hybridized carbons (Fsp3) is 0.727. The van der Waals surface area contributed by atoms with Gasteiger partial charge in [-0.1, -0.05) is 98.5 Å². The van der Waals surface area contributed by atoms with Gasteiger partial charge >= 0.3 is 0 Å². The van der Waals surface area contributed by atoms with E-state index in [9.17, 15) is 4.39 Å². The second kappa shape index (κ2) is 21.1. The molecule has 1 heteroatoms. The zero-order chi connectivity index (χ0) is 18.7. The molecule has 2 atom stereocenters. The summed E-state index contributed by atoms with van der Waals surface area (Å²) in [5.74, 6) is 1.54. The lowest BCUT2D eigenvalue weighted by atomic mass is 10.0. The number of halogens is 1. The molecule has 0 aliphatic heterocycles. The third-order valence-electron chi connectivity index (χ3n) is 3.88. The minimum Gasteiger partial charge on any atom is -0.208 e. The van der Waals surface area contributed by atoms with Crippen molar-refractivity contribution in [1.29, 1.82) is 0 Å². The van der Waals surface area contributed by atoms with Crippen LogP contribution in [-0.2, 0) is 0 Å². The highest BCUT2D eigenvalue weighted by Gasteiger charge is 2.11. The summed E-state index contributed by atoms with van der Waals surface area (Å²) in [6, 6.07) is 0. The second-order valence-corrected chi connectivity index (χ2v) is 6.18. The van der Waals surface area contributed by atoms with Crippen LogP contribution in [-0.4, -0.2) is 0 Å². The van der Waals surface area contributed by atoms with Crippen LogP contribution in [0.2, 0.25) is 0 Å². The molecule has 2 unspecified atom stereocenters. The number of rotatable bonds is 3. The van der Waals surface area contributed by atoms with E-state index in [0.717, 1.165) is 17.9 Å². The van der Waals surface area contributed by atoms with Crippen LogP contribution >= 0.6 is 0 Å². The standard InChI is InChI=1S/C9H18.C7H14.C4H5F.C2H6/c1-8-4-3-5-9(2)7-6-8;1-4-6-7(3)5-2;1-3-4(2)5;1-2/h8-9H,3-7H2,1-2H3;6H,4-5H2,1-3H3;3H,1-2H2;1-2H3/b;7-6+;;. The average molecular weight is 327 g/mol. The molecule has 0 radical (unpaired) electrons. The van der Waals surface area contributed by atoms with Gasteiger partial charge in [-0.2, -0.15) is 0 Å². The molecule has 0 aromatic heterocycles. The van der Waals surface area contributed by atoms with Crippen LogP contribution in [0.25, 0.3) is 0 Å². The van der Waals surface area contributed by atoms with E-state index in [1.165, 1.54) is 50.5 Å². The molecule has 1 fully saturated rings. The molecule has 138 valence electrons. The van der Waals surface area contributed by atoms with Gasteiger partial charge in [0.05, 0.1) is 0 Å². The van der Waals surface area contributed by atoms with Crippen LogP contribution in [0.3, 0.4) is 0 Å². The Labute approximate surface area is 147 Å². The van der Waals surface area contributed by atoms with Crippen molar-refractivity contribution >= 4 is 0 Å². The van der Waals surface area contributed by atoms with E-state index in [1.54, 1.807) is 0 Å². The van der Waals surface area contributed by atoms with Crippen LogP contribution in [0.1, 0.15) is 93.4 Å². The summed E-state index contributed by atoms with van der Waals surface area (Å²) in [5.41, 5.74) is 1.50. The topological polar surface area (TPSA) is 0 Å². The van der Waals surface area contributed by atoms with Crippen molar-refractivity contribution in [2.45, 2.75) is 93.4 Å². The Kier molecular flexibility index (Phi) is 24.8. The highest BCUT2D eigenvalue weighted by atomic mass is 19.1. The van der Waals surface area contributed by atoms with E-state index in [4.69, 9.17) is 0 Å². The molecule has 0 N–H and O–H groups in total. The summed E-state index contributed by atoms with van der Waals surface area (Å²) in [6.45, 7) is 21.3. The molecule has 1 rings (SSSR count). The van der Waals surface area contributed by atoms with Crippen molar-refractivity contribution in [2.75, 3.05) is 0 Å². The number of hydrogen-bond acceptors (Lipinski definition) is 0. The van der Waals surface area contributed by atoms with Gasteiger partial charge in [0, 0.05) is 0 Å². The quantitative estimate of drug-likeness (QED) is 0.276. The normalized spacial score (nSPS) is 20.3. The summed E-state index contributed by atoms with van der Waals surface area (Å²) >= 11 is 0. The number of allylic oxidation sites excluding steroid dienone is 4. The molecule has 0 aromatic rings. The molecule has 0 nitrogen and oxygen atoms in total. The minimum atomic E-state index is -0.481. The maximum absolute atomic E-state index is 11.1. The van der Waals surface area contributed by atoms with E-state index in [2.05, 4.69) is 53.9 Å². The van der Waals surface area contributed by atoms with Gasteiger partial charge in [-0.3, -0.25) is 0 Å². The Hall–Kier alpha value is -0.850. The van der Waals surface area contributed by atoms with E-state index in [0.29, 0.717) is 0 Å². The minimum absolute atomic E-state index is 0.481. The molecule has 1 saturated carbocycles. The van der Waals surface area contributed by atoms with Crippen molar-refractivity contribution in [2.24, 2.45) is 11.8 Å². The first kappa shape index (κ1) is 27.0. The Morgan fingerprint density at radius 3 is 1.65 bits per heavy atom. The van der Waals surface area contributed by atoms with Gasteiger partial charge in [-0.05, 0) is 37.7 Å². The van der Waals surface area contributed by atoms with Crippen molar-refractivity contribution < 1.29 is 4.39 Å². The first-order valence-electron chi connectivity index (χ1n) is 9.49. The summed E-state index contributed by atoms with van der Waals surface area (Å²) in [4.78, 5) is 0. The van der Waals surface area contributed by atoms with Gasteiger partial charge < -0.3 is 0 Å². The second-order valence-electron chi connectivity index (χ2n) is 6.18. The molecule has 0 aromatic carbocycles. The Morgan fingerprint density at radius 1 is 1.04 bits per heavy atom. The zero-order valence-corrected chi connectivity index (χ0v) is 17.1. The molecule has 0 bridgehead atoms. The first-order valence-corrected chi connectivity index (χ1v) is 9.49. The summed E-state index contributed by atoms with van der Waals surface area (Å²) in [5, 5.41) is 0. The van der Waals surface area contributed by atoms with Gasteiger partial charge in [-0.15, -0.1) is 0 Å². The van der Waals surface area contributed by atoms with E-state index >= 15 is 0 Å².